The molecule has 1 fully saturated rings. The van der Waals surface area contributed by atoms with Gasteiger partial charge in [-0.2, -0.15) is 0 Å². The average Bonchev–Trinajstić information content (AvgIpc) is 3.35. The number of amides is 1. The molecule has 1 spiro atoms. The number of ether oxygens (including phenoxy) is 5. The van der Waals surface area contributed by atoms with E-state index in [1.807, 2.05) is 18.4 Å². The quantitative estimate of drug-likeness (QED) is 0.168. The molecule has 0 unspecified atom stereocenters. The molecule has 0 aromatic heterocycles. The molecule has 2 heterocycles. The fourth-order valence-electron chi connectivity index (χ4n) is 7.25. The lowest BCUT2D eigenvalue weighted by molar-refractivity contribution is -0.177. The van der Waals surface area contributed by atoms with Crippen LogP contribution in [0.15, 0.2) is 24.0 Å². The molecule has 4 aliphatic rings. The third-order valence-corrected chi connectivity index (χ3v) is 9.37. The number of aliphatic carboxylic acids is 2. The number of carboxylic acids is 2. The molecule has 1 aromatic rings. The van der Waals surface area contributed by atoms with Gasteiger partial charge in [0, 0.05) is 24.9 Å². The smallest absolute Gasteiger partial charge is 0.348 e. The van der Waals surface area contributed by atoms with Crippen molar-refractivity contribution in [2.45, 2.75) is 87.4 Å². The molecule has 5 rings (SSSR count). The van der Waals surface area contributed by atoms with E-state index < -0.39 is 84.0 Å². The molecular weight excluding hydrogens is 624 g/mol. The van der Waals surface area contributed by atoms with Crippen molar-refractivity contribution in [3.05, 3.63) is 35.1 Å². The number of carboxylic acid groups (broad SMARTS) is 2. The first kappa shape index (κ1) is 33.7. The van der Waals surface area contributed by atoms with Gasteiger partial charge in [-0.1, -0.05) is 6.07 Å². The Morgan fingerprint density at radius 1 is 1.13 bits per heavy atom. The lowest BCUT2D eigenvalue weighted by atomic mass is 9.50. The van der Waals surface area contributed by atoms with Gasteiger partial charge in [-0.05, 0) is 51.1 Å². The topological polar surface area (TPSA) is 225 Å². The van der Waals surface area contributed by atoms with Crippen LogP contribution in [-0.2, 0) is 54.8 Å². The molecule has 2 aliphatic heterocycles. The number of methoxy groups -OCH3 is 1. The number of rotatable bonds is 12. The zero-order valence-corrected chi connectivity index (χ0v) is 26.1. The number of aliphatic hydroxyl groups is 1. The molecule has 7 atom stereocenters. The minimum absolute atomic E-state index is 0.106. The molecule has 2 aliphatic carbocycles. The molecule has 16 heteroatoms. The molecule has 47 heavy (non-hydrogen) atoms. The normalized spacial score (nSPS) is 27.0. The second-order valence-electron chi connectivity index (χ2n) is 12.1. The van der Waals surface area contributed by atoms with Crippen LogP contribution >= 0.6 is 0 Å². The van der Waals surface area contributed by atoms with E-state index in [1.54, 1.807) is 12.1 Å². The third kappa shape index (κ3) is 5.75. The Balaban J connectivity index is 1.33. The zero-order chi connectivity index (χ0) is 34.4. The monoisotopic (exact) mass is 660 g/mol. The summed E-state index contributed by atoms with van der Waals surface area (Å²) in [5, 5.41) is 32.3. The van der Waals surface area contributed by atoms with Crippen molar-refractivity contribution in [3.63, 3.8) is 0 Å². The zero-order valence-electron chi connectivity index (χ0n) is 26.1. The second kappa shape index (κ2) is 12.5. The standard InChI is InChI=1S/C31H36N2O14/c1-14(27(38)32-17(28(39)40)12-22(35)36)44-29(41)20(45-15(2)34)13-23(37)46-19-7-8-31(42)21-11-16-5-6-18(43-4)25-24(16)30(31,26(19)47-25)9-10-33(21)3/h5-7,14,17,20-21,26,42H,8-13H2,1-4H3,(H,32,38)(H,35,36)(H,39,40)/t14-,17-,20-,21-,26+,30+,31-/m0/s1. The molecule has 1 amide bonds. The predicted octanol–water partition coefficient (Wildman–Crippen LogP) is -0.186. The Morgan fingerprint density at radius 2 is 1.85 bits per heavy atom. The van der Waals surface area contributed by atoms with E-state index in [4.69, 9.17) is 33.9 Å². The van der Waals surface area contributed by atoms with E-state index in [2.05, 4.69) is 4.90 Å². The maximum atomic E-state index is 13.3. The summed E-state index contributed by atoms with van der Waals surface area (Å²) in [5.74, 6) is -6.46. The van der Waals surface area contributed by atoms with Crippen molar-refractivity contribution in [1.82, 2.24) is 10.2 Å². The molecule has 1 saturated heterocycles. The summed E-state index contributed by atoms with van der Waals surface area (Å²) in [4.78, 5) is 74.8. The number of hydrogen-bond donors (Lipinski definition) is 4. The number of piperidine rings is 1. The van der Waals surface area contributed by atoms with Crippen molar-refractivity contribution in [1.29, 1.82) is 0 Å². The summed E-state index contributed by atoms with van der Waals surface area (Å²) < 4.78 is 27.8. The van der Waals surface area contributed by atoms with Crippen LogP contribution in [0.5, 0.6) is 11.5 Å². The largest absolute Gasteiger partial charge is 0.493 e. The number of likely N-dealkylation sites (N-methyl/N-ethyl adjacent to an activating group) is 1. The second-order valence-corrected chi connectivity index (χ2v) is 12.1. The molecule has 16 nitrogen and oxygen atoms in total. The number of carbonyl (C=O) groups is 6. The van der Waals surface area contributed by atoms with Crippen LogP contribution in [-0.4, -0.2) is 113 Å². The van der Waals surface area contributed by atoms with Gasteiger partial charge in [-0.25, -0.2) is 9.59 Å². The molecule has 0 saturated carbocycles. The van der Waals surface area contributed by atoms with Gasteiger partial charge in [-0.15, -0.1) is 0 Å². The number of nitrogens with one attached hydrogen (secondary N) is 1. The van der Waals surface area contributed by atoms with Crippen LogP contribution in [0.4, 0.5) is 0 Å². The Labute approximate surface area is 268 Å². The lowest BCUT2D eigenvalue weighted by Gasteiger charge is -2.61. The summed E-state index contributed by atoms with van der Waals surface area (Å²) in [5.41, 5.74) is -0.406. The van der Waals surface area contributed by atoms with Gasteiger partial charge in [-0.3, -0.25) is 19.2 Å². The van der Waals surface area contributed by atoms with Crippen LogP contribution in [0.3, 0.4) is 0 Å². The van der Waals surface area contributed by atoms with Crippen LogP contribution in [0.2, 0.25) is 0 Å². The minimum Gasteiger partial charge on any atom is -0.493 e. The van der Waals surface area contributed by atoms with Crippen LogP contribution < -0.4 is 14.8 Å². The van der Waals surface area contributed by atoms with Gasteiger partial charge in [0.15, 0.2) is 23.7 Å². The first-order valence-corrected chi connectivity index (χ1v) is 15.0. The summed E-state index contributed by atoms with van der Waals surface area (Å²) >= 11 is 0. The lowest BCUT2D eigenvalue weighted by Crippen LogP contribution is -2.74. The highest BCUT2D eigenvalue weighted by atomic mass is 16.6. The highest BCUT2D eigenvalue weighted by Crippen LogP contribution is 2.65. The molecule has 4 N–H and O–H groups in total. The van der Waals surface area contributed by atoms with Crippen molar-refractivity contribution in [2.24, 2.45) is 0 Å². The Hall–Kier alpha value is -4.70. The van der Waals surface area contributed by atoms with E-state index in [0.717, 1.165) is 25.0 Å². The molecule has 254 valence electrons. The molecule has 2 bridgehead atoms. The Bertz CT molecular complexity index is 1560. The van der Waals surface area contributed by atoms with Crippen molar-refractivity contribution < 1.29 is 67.8 Å². The van der Waals surface area contributed by atoms with Crippen LogP contribution in [0, 0.1) is 0 Å². The number of carbonyl (C=O) groups excluding carboxylic acids is 4. The van der Waals surface area contributed by atoms with Gasteiger partial charge < -0.3 is 49.2 Å². The summed E-state index contributed by atoms with van der Waals surface area (Å²) in [7, 11) is 3.46. The van der Waals surface area contributed by atoms with E-state index in [-0.39, 0.29) is 18.2 Å². The maximum absolute atomic E-state index is 13.3. The highest BCUT2D eigenvalue weighted by molar-refractivity contribution is 5.91. The average molecular weight is 661 g/mol. The van der Waals surface area contributed by atoms with Crippen molar-refractivity contribution in [2.75, 3.05) is 20.7 Å². The molecule has 0 radical (unpaired) electrons. The number of nitrogens with zero attached hydrogens (tertiary/aromatic N) is 1. The van der Waals surface area contributed by atoms with E-state index in [1.165, 1.54) is 7.11 Å². The van der Waals surface area contributed by atoms with Gasteiger partial charge in [0.1, 0.15) is 11.8 Å². The van der Waals surface area contributed by atoms with Crippen molar-refractivity contribution in [3.8, 4) is 11.5 Å². The first-order valence-electron chi connectivity index (χ1n) is 15.0. The van der Waals surface area contributed by atoms with Crippen LogP contribution in [0.1, 0.15) is 50.7 Å². The summed E-state index contributed by atoms with van der Waals surface area (Å²) in [6.45, 7) is 2.71. The van der Waals surface area contributed by atoms with Crippen LogP contribution in [0.25, 0.3) is 0 Å². The number of hydrogen-bond acceptors (Lipinski definition) is 13. The van der Waals surface area contributed by atoms with Gasteiger partial charge >= 0.3 is 29.8 Å². The Kier molecular flexibility index (Phi) is 8.94. The Morgan fingerprint density at radius 3 is 2.49 bits per heavy atom. The number of esters is 3. The molecule has 1 aromatic carbocycles. The van der Waals surface area contributed by atoms with E-state index in [9.17, 15) is 33.9 Å². The molecular formula is C31H36N2O14. The van der Waals surface area contributed by atoms with Crippen molar-refractivity contribution >= 4 is 35.8 Å². The fraction of sp³-hybridized carbons (Fsp3) is 0.548. The summed E-state index contributed by atoms with van der Waals surface area (Å²) in [6, 6.07) is 1.71. The van der Waals surface area contributed by atoms with Gasteiger partial charge in [0.2, 0.25) is 6.10 Å². The highest BCUT2D eigenvalue weighted by Gasteiger charge is 2.72. The number of likely N-dealkylation sites (tertiary alicyclic amines) is 1. The third-order valence-electron chi connectivity index (χ3n) is 9.37. The van der Waals surface area contributed by atoms with Gasteiger partial charge in [0.25, 0.3) is 5.91 Å². The maximum Gasteiger partial charge on any atom is 0.348 e. The minimum atomic E-state index is -1.85. The predicted molar refractivity (Wildman–Crippen MR) is 155 cm³/mol. The fourth-order valence-corrected chi connectivity index (χ4v) is 7.25. The van der Waals surface area contributed by atoms with E-state index in [0.29, 0.717) is 30.9 Å². The summed E-state index contributed by atoms with van der Waals surface area (Å²) in [6.07, 6.45) is -3.37. The first-order chi connectivity index (χ1) is 22.1. The SMILES string of the molecule is COc1ccc2c3c1O[C@@H]1C(OC(=O)C[C@H](OC(C)=O)C(=O)O[C@@H](C)C(=O)N[C@@H](CC(=O)O)C(=O)O)=CC[C@]4(O)[C@H](C2)N(C)CC[C@@]314. The van der Waals surface area contributed by atoms with Gasteiger partial charge in [0.05, 0.1) is 31.0 Å². The van der Waals surface area contributed by atoms with E-state index >= 15 is 0 Å². The number of benzene rings is 1.